The summed E-state index contributed by atoms with van der Waals surface area (Å²) in [5.41, 5.74) is 0.828. The van der Waals surface area contributed by atoms with Crippen LogP contribution >= 0.6 is 39.5 Å². The fourth-order valence-electron chi connectivity index (χ4n) is 1.65. The van der Waals surface area contributed by atoms with Crippen molar-refractivity contribution in [3.05, 3.63) is 20.4 Å². The minimum Gasteiger partial charge on any atom is -0.438 e. The average Bonchev–Trinajstić information content (AvgIpc) is 2.77. The number of hydrogen-bond donors (Lipinski definition) is 0. The predicted molar refractivity (Wildman–Crippen MR) is 87.0 cm³/mol. The Morgan fingerprint density at radius 1 is 1.47 bits per heavy atom. The molecule has 2 heterocycles. The Hall–Kier alpha value is -0.430. The third-order valence-electron chi connectivity index (χ3n) is 2.68. The number of ether oxygens (including phenoxy) is 1. The van der Waals surface area contributed by atoms with Crippen LogP contribution in [-0.2, 0) is 4.74 Å². The van der Waals surface area contributed by atoms with Gasteiger partial charge < -0.3 is 14.1 Å². The van der Waals surface area contributed by atoms with Crippen molar-refractivity contribution in [3.63, 3.8) is 0 Å². The monoisotopic (exact) mass is 361 g/mol. The van der Waals surface area contributed by atoms with Crippen LogP contribution in [0.15, 0.2) is 20.3 Å². The molecule has 0 atom stereocenters. The molecule has 0 saturated heterocycles. The van der Waals surface area contributed by atoms with Crippen molar-refractivity contribution in [2.24, 2.45) is 0 Å². The first kappa shape index (κ1) is 15.0. The van der Waals surface area contributed by atoms with Crippen molar-refractivity contribution >= 4 is 55.7 Å². The van der Waals surface area contributed by atoms with Crippen LogP contribution in [0.2, 0.25) is 0 Å². The number of hydrogen-bond acceptors (Lipinski definition) is 5. The van der Waals surface area contributed by atoms with Crippen molar-refractivity contribution in [3.8, 4) is 0 Å². The number of thiophene rings is 1. The molecule has 0 unspecified atom stereocenters. The molecule has 0 aliphatic rings. The van der Waals surface area contributed by atoms with E-state index >= 15 is 0 Å². The Balaban J connectivity index is 2.15. The van der Waals surface area contributed by atoms with Crippen LogP contribution in [0.4, 0.5) is 5.88 Å². The highest BCUT2D eigenvalue weighted by molar-refractivity contribution is 9.10. The van der Waals surface area contributed by atoms with Crippen LogP contribution in [0.25, 0.3) is 10.3 Å². The summed E-state index contributed by atoms with van der Waals surface area (Å²) in [7, 11) is 1.98. The zero-order chi connectivity index (χ0) is 13.8. The van der Waals surface area contributed by atoms with Crippen LogP contribution in [0.5, 0.6) is 0 Å². The molecular formula is C13H16BrNO2S2. The summed E-state index contributed by atoms with van der Waals surface area (Å²) in [5, 5.41) is 2.00. The first-order chi connectivity index (χ1) is 9.13. The quantitative estimate of drug-likeness (QED) is 0.542. The maximum atomic E-state index is 5.90. The molecule has 0 aliphatic carbocycles. The van der Waals surface area contributed by atoms with Crippen LogP contribution in [0.3, 0.4) is 0 Å². The minimum absolute atomic E-state index is 0.690. The molecular weight excluding hydrogens is 346 g/mol. The molecule has 0 aliphatic heterocycles. The van der Waals surface area contributed by atoms with Crippen LogP contribution in [0.1, 0.15) is 13.3 Å². The molecule has 0 saturated carbocycles. The average molecular weight is 362 g/mol. The van der Waals surface area contributed by atoms with Gasteiger partial charge in [-0.15, -0.1) is 11.3 Å². The Bertz CT molecular complexity index is 608. The molecule has 2 aromatic rings. The number of halogens is 1. The van der Waals surface area contributed by atoms with Crippen molar-refractivity contribution in [1.82, 2.24) is 0 Å². The smallest absolute Gasteiger partial charge is 0.197 e. The van der Waals surface area contributed by atoms with E-state index < -0.39 is 0 Å². The van der Waals surface area contributed by atoms with E-state index in [4.69, 9.17) is 21.4 Å². The van der Waals surface area contributed by atoms with E-state index in [2.05, 4.69) is 22.9 Å². The van der Waals surface area contributed by atoms with Crippen LogP contribution < -0.4 is 4.90 Å². The van der Waals surface area contributed by atoms with Crippen LogP contribution in [-0.4, -0.2) is 26.8 Å². The van der Waals surface area contributed by atoms with Gasteiger partial charge in [-0.1, -0.05) is 19.1 Å². The van der Waals surface area contributed by atoms with E-state index in [1.165, 1.54) is 0 Å². The van der Waals surface area contributed by atoms with E-state index in [0.29, 0.717) is 6.61 Å². The summed E-state index contributed by atoms with van der Waals surface area (Å²) in [6, 6.07) is 1.90. The van der Waals surface area contributed by atoms with Gasteiger partial charge in [0.2, 0.25) is 0 Å². The lowest BCUT2D eigenvalue weighted by Gasteiger charge is -2.17. The second-order valence-electron chi connectivity index (χ2n) is 4.22. The maximum absolute atomic E-state index is 5.90. The Kier molecular flexibility index (Phi) is 5.38. The van der Waals surface area contributed by atoms with Gasteiger partial charge in [-0.3, -0.25) is 0 Å². The second kappa shape index (κ2) is 6.83. The standard InChI is InChI=1S/C13H16BrNO2S2/c1-3-5-16-6-4-15(2)11-7-10(18)13-12(17-11)9(14)8-19-13/h7-8H,3-6H2,1-2H3. The van der Waals surface area contributed by atoms with E-state index in [-0.39, 0.29) is 0 Å². The number of nitrogens with zero attached hydrogens (tertiary/aromatic N) is 1. The molecule has 0 N–H and O–H groups in total. The molecule has 0 aromatic carbocycles. The lowest BCUT2D eigenvalue weighted by atomic mass is 10.4. The molecule has 2 aromatic heterocycles. The number of fused-ring (bicyclic) bond motifs is 1. The van der Waals surface area contributed by atoms with Crippen molar-refractivity contribution in [2.75, 3.05) is 31.7 Å². The molecule has 3 nitrogen and oxygen atoms in total. The molecule has 2 rings (SSSR count). The highest BCUT2D eigenvalue weighted by atomic mass is 79.9. The van der Waals surface area contributed by atoms with Gasteiger partial charge in [0.05, 0.1) is 20.3 Å². The van der Waals surface area contributed by atoms with Crippen molar-refractivity contribution < 1.29 is 9.15 Å². The molecule has 104 valence electrons. The van der Waals surface area contributed by atoms with Gasteiger partial charge in [0.1, 0.15) is 0 Å². The van der Waals surface area contributed by atoms with Crippen molar-refractivity contribution in [1.29, 1.82) is 0 Å². The van der Waals surface area contributed by atoms with E-state index in [0.717, 1.165) is 44.7 Å². The fraction of sp³-hybridized carbons (Fsp3) is 0.462. The largest absolute Gasteiger partial charge is 0.438 e. The topological polar surface area (TPSA) is 25.6 Å². The van der Waals surface area contributed by atoms with Gasteiger partial charge in [0.25, 0.3) is 0 Å². The van der Waals surface area contributed by atoms with Gasteiger partial charge in [-0.05, 0) is 22.4 Å². The van der Waals surface area contributed by atoms with E-state index in [9.17, 15) is 0 Å². The first-order valence-corrected chi connectivity index (χ1v) is 8.21. The molecule has 0 fully saturated rings. The molecule has 0 spiro atoms. The van der Waals surface area contributed by atoms with Gasteiger partial charge in [0, 0.05) is 31.6 Å². The third-order valence-corrected chi connectivity index (χ3v) is 5.02. The highest BCUT2D eigenvalue weighted by Crippen LogP contribution is 2.34. The zero-order valence-corrected chi connectivity index (χ0v) is 14.2. The summed E-state index contributed by atoms with van der Waals surface area (Å²) in [4.78, 5) is 2.02. The summed E-state index contributed by atoms with van der Waals surface area (Å²) < 4.78 is 14.2. The lowest BCUT2D eigenvalue weighted by Crippen LogP contribution is -2.22. The Labute approximate surface area is 130 Å². The van der Waals surface area contributed by atoms with Crippen LogP contribution in [0, 0.1) is 4.51 Å². The Morgan fingerprint density at radius 2 is 2.26 bits per heavy atom. The summed E-state index contributed by atoms with van der Waals surface area (Å²) >= 11 is 10.5. The predicted octanol–water partition coefficient (Wildman–Crippen LogP) is 4.85. The lowest BCUT2D eigenvalue weighted by molar-refractivity contribution is 0.141. The second-order valence-corrected chi connectivity index (χ2v) is 6.40. The first-order valence-electron chi connectivity index (χ1n) is 6.13. The summed E-state index contributed by atoms with van der Waals surface area (Å²) in [6.45, 7) is 4.37. The fourth-order valence-corrected chi connectivity index (χ4v) is 3.44. The van der Waals surface area contributed by atoms with Gasteiger partial charge in [0.15, 0.2) is 11.5 Å². The molecule has 0 amide bonds. The number of rotatable bonds is 6. The number of likely N-dealkylation sites (N-methyl/N-ethyl adjacent to an activating group) is 1. The maximum Gasteiger partial charge on any atom is 0.197 e. The van der Waals surface area contributed by atoms with Gasteiger partial charge in [-0.2, -0.15) is 0 Å². The third kappa shape index (κ3) is 3.56. The Morgan fingerprint density at radius 3 is 3.00 bits per heavy atom. The normalized spacial score (nSPS) is 11.1. The molecule has 0 radical (unpaired) electrons. The SMILES string of the molecule is CCCOCCN(C)c1cc(=S)c2scc(Br)c2o1. The van der Waals surface area contributed by atoms with E-state index in [1.807, 2.05) is 23.4 Å². The zero-order valence-electron chi connectivity index (χ0n) is 10.9. The van der Waals surface area contributed by atoms with E-state index in [1.54, 1.807) is 11.3 Å². The summed E-state index contributed by atoms with van der Waals surface area (Å²) in [5.74, 6) is 0.775. The minimum atomic E-state index is 0.690. The molecule has 6 heteroatoms. The molecule has 19 heavy (non-hydrogen) atoms. The van der Waals surface area contributed by atoms with Gasteiger partial charge >= 0.3 is 0 Å². The van der Waals surface area contributed by atoms with Gasteiger partial charge in [-0.25, -0.2) is 0 Å². The summed E-state index contributed by atoms with van der Waals surface area (Å²) in [6.07, 6.45) is 1.04. The van der Waals surface area contributed by atoms with Crippen molar-refractivity contribution in [2.45, 2.75) is 13.3 Å². The number of anilines is 1. The highest BCUT2D eigenvalue weighted by Gasteiger charge is 2.10. The molecule has 0 bridgehead atoms.